The molecule has 3 atom stereocenters. The molecule has 0 spiro atoms. The summed E-state index contributed by atoms with van der Waals surface area (Å²) in [5.41, 5.74) is 0. The Kier molecular flexibility index (Phi) is 13.6. The van der Waals surface area contributed by atoms with Crippen LogP contribution in [0.15, 0.2) is 0 Å². The molecule has 8 heteroatoms. The molecule has 0 aliphatic heterocycles. The highest BCUT2D eigenvalue weighted by atomic mass is 16.5. The van der Waals surface area contributed by atoms with Gasteiger partial charge in [0.1, 0.15) is 18.3 Å². The normalized spacial score (nSPS) is 15.4. The van der Waals surface area contributed by atoms with E-state index in [9.17, 15) is 15.3 Å². The third-order valence-corrected chi connectivity index (χ3v) is 2.27. The van der Waals surface area contributed by atoms with Crippen LogP contribution in [0.1, 0.15) is 6.42 Å². The quantitative estimate of drug-likeness (QED) is 0.338. The van der Waals surface area contributed by atoms with Crippen molar-refractivity contribution in [3.63, 3.8) is 0 Å². The minimum Gasteiger partial charge on any atom is -0.388 e. The van der Waals surface area contributed by atoms with Gasteiger partial charge in [-0.15, -0.1) is 0 Å². The van der Waals surface area contributed by atoms with Crippen molar-refractivity contribution in [2.45, 2.75) is 24.7 Å². The second-order valence-corrected chi connectivity index (χ2v) is 4.47. The van der Waals surface area contributed by atoms with Crippen molar-refractivity contribution in [2.75, 3.05) is 53.4 Å². The van der Waals surface area contributed by atoms with E-state index in [2.05, 4.69) is 0 Å². The molecule has 0 aromatic rings. The molecule has 0 radical (unpaired) electrons. The van der Waals surface area contributed by atoms with Crippen LogP contribution < -0.4 is 0 Å². The van der Waals surface area contributed by atoms with E-state index < -0.39 is 18.3 Å². The topological polar surface area (TPSA) is 121 Å². The van der Waals surface area contributed by atoms with E-state index in [1.165, 1.54) is 7.11 Å². The molecule has 0 fully saturated rings. The highest BCUT2D eigenvalue weighted by molar-refractivity contribution is 4.67. The van der Waals surface area contributed by atoms with Crippen molar-refractivity contribution < 1.29 is 34.3 Å². The Hall–Kier alpha value is -0.790. The molecule has 0 saturated carbocycles. The van der Waals surface area contributed by atoms with Gasteiger partial charge < -0.3 is 34.3 Å². The van der Waals surface area contributed by atoms with Crippen LogP contribution in [0.2, 0.25) is 0 Å². The first-order chi connectivity index (χ1) is 10.1. The van der Waals surface area contributed by atoms with Gasteiger partial charge in [0, 0.05) is 7.11 Å². The smallest absolute Gasteiger partial charge is 0.101 e. The number of aliphatic hydroxyl groups is 3. The summed E-state index contributed by atoms with van der Waals surface area (Å²) in [6.45, 7) is 0.650. The van der Waals surface area contributed by atoms with E-state index in [1.807, 2.05) is 6.07 Å². The molecular weight excluding hydrogens is 282 g/mol. The van der Waals surface area contributed by atoms with Crippen molar-refractivity contribution in [1.29, 1.82) is 5.26 Å². The van der Waals surface area contributed by atoms with Crippen LogP contribution >= 0.6 is 0 Å². The fourth-order valence-electron chi connectivity index (χ4n) is 1.35. The van der Waals surface area contributed by atoms with Gasteiger partial charge in [-0.3, -0.25) is 0 Å². The van der Waals surface area contributed by atoms with Crippen molar-refractivity contribution in [2.24, 2.45) is 0 Å². The molecule has 21 heavy (non-hydrogen) atoms. The monoisotopic (exact) mass is 307 g/mol. The largest absolute Gasteiger partial charge is 0.388 e. The summed E-state index contributed by atoms with van der Waals surface area (Å²) in [6.07, 6.45) is -2.10. The first kappa shape index (κ1) is 20.2. The Morgan fingerprint density at radius 2 is 1.24 bits per heavy atom. The molecule has 124 valence electrons. The first-order valence-corrected chi connectivity index (χ1v) is 6.73. The maximum atomic E-state index is 9.54. The van der Waals surface area contributed by atoms with Gasteiger partial charge in [-0.05, 0) is 0 Å². The lowest BCUT2D eigenvalue weighted by molar-refractivity contribution is -0.0689. The fraction of sp³-hybridized carbons (Fsp3) is 0.923. The Morgan fingerprint density at radius 1 is 0.810 bits per heavy atom. The van der Waals surface area contributed by atoms with Gasteiger partial charge in [0.05, 0.1) is 58.7 Å². The number of aliphatic hydroxyl groups excluding tert-OH is 3. The number of methoxy groups -OCH3 is 1. The Balaban J connectivity index is 3.43. The average molecular weight is 307 g/mol. The van der Waals surface area contributed by atoms with E-state index in [-0.39, 0.29) is 52.7 Å². The number of nitrogens with zero attached hydrogens (tertiary/aromatic N) is 1. The van der Waals surface area contributed by atoms with E-state index >= 15 is 0 Å². The maximum Gasteiger partial charge on any atom is 0.101 e. The van der Waals surface area contributed by atoms with Gasteiger partial charge in [0.25, 0.3) is 0 Å². The summed E-state index contributed by atoms with van der Waals surface area (Å²) >= 11 is 0. The highest BCUT2D eigenvalue weighted by Crippen LogP contribution is 1.94. The molecule has 0 aromatic heterocycles. The van der Waals surface area contributed by atoms with Crippen LogP contribution in [0.25, 0.3) is 0 Å². The Morgan fingerprint density at radius 3 is 1.67 bits per heavy atom. The zero-order valence-corrected chi connectivity index (χ0v) is 12.3. The second-order valence-electron chi connectivity index (χ2n) is 4.47. The van der Waals surface area contributed by atoms with Crippen molar-refractivity contribution in [3.05, 3.63) is 0 Å². The van der Waals surface area contributed by atoms with E-state index in [1.54, 1.807) is 0 Å². The van der Waals surface area contributed by atoms with Gasteiger partial charge in [0.15, 0.2) is 0 Å². The summed E-state index contributed by atoms with van der Waals surface area (Å²) in [7, 11) is 1.47. The molecule has 0 aromatic carbocycles. The van der Waals surface area contributed by atoms with Crippen LogP contribution in [-0.2, 0) is 18.9 Å². The molecule has 0 aliphatic carbocycles. The molecule has 8 nitrogen and oxygen atoms in total. The second kappa shape index (κ2) is 14.2. The maximum absolute atomic E-state index is 9.54. The number of hydrogen-bond donors (Lipinski definition) is 3. The predicted molar refractivity (Wildman–Crippen MR) is 72.6 cm³/mol. The fourth-order valence-corrected chi connectivity index (χ4v) is 1.35. The SMILES string of the molecule is COCC(O)COCC(O)COCC(O)COCCC#N. The summed E-state index contributed by atoms with van der Waals surface area (Å²) in [4.78, 5) is 0. The molecule has 0 heterocycles. The van der Waals surface area contributed by atoms with E-state index in [4.69, 9.17) is 24.2 Å². The van der Waals surface area contributed by atoms with Crippen LogP contribution in [0.5, 0.6) is 0 Å². The lowest BCUT2D eigenvalue weighted by Crippen LogP contribution is -2.29. The minimum atomic E-state index is -0.841. The molecule has 0 amide bonds. The molecular formula is C13H25NO7. The molecule has 0 saturated heterocycles. The minimum absolute atomic E-state index is 0.00955. The van der Waals surface area contributed by atoms with Gasteiger partial charge in [-0.25, -0.2) is 0 Å². The van der Waals surface area contributed by atoms with Crippen molar-refractivity contribution in [1.82, 2.24) is 0 Å². The van der Waals surface area contributed by atoms with Gasteiger partial charge in [-0.1, -0.05) is 0 Å². The highest BCUT2D eigenvalue weighted by Gasteiger charge is 2.10. The summed E-state index contributed by atoms with van der Waals surface area (Å²) in [6, 6.07) is 1.92. The molecule has 0 rings (SSSR count). The molecule has 3 unspecified atom stereocenters. The summed E-state index contributed by atoms with van der Waals surface area (Å²) < 4.78 is 19.9. The molecule has 3 N–H and O–H groups in total. The zero-order chi connectivity index (χ0) is 15.9. The summed E-state index contributed by atoms with van der Waals surface area (Å²) in [5, 5.41) is 36.6. The lowest BCUT2D eigenvalue weighted by Gasteiger charge is -2.15. The van der Waals surface area contributed by atoms with Crippen molar-refractivity contribution in [3.8, 4) is 6.07 Å². The summed E-state index contributed by atoms with van der Waals surface area (Å²) in [5.74, 6) is 0. The molecule has 0 aliphatic rings. The lowest BCUT2D eigenvalue weighted by atomic mass is 10.3. The number of ether oxygens (including phenoxy) is 4. The van der Waals surface area contributed by atoms with Crippen molar-refractivity contribution >= 4 is 0 Å². The third-order valence-electron chi connectivity index (χ3n) is 2.27. The van der Waals surface area contributed by atoms with Gasteiger partial charge >= 0.3 is 0 Å². The zero-order valence-electron chi connectivity index (χ0n) is 12.3. The number of rotatable bonds is 14. The van der Waals surface area contributed by atoms with Crippen LogP contribution in [0, 0.1) is 11.3 Å². The average Bonchev–Trinajstić information content (AvgIpc) is 2.44. The van der Waals surface area contributed by atoms with E-state index in [0.29, 0.717) is 0 Å². The molecule has 0 bridgehead atoms. The standard InChI is InChI=1S/C13H25NO7/c1-18-5-11(15)7-20-9-13(17)10-21-8-12(16)6-19-4-2-3-14/h11-13,15-17H,2,4-10H2,1H3. The number of nitriles is 1. The van der Waals surface area contributed by atoms with Gasteiger partial charge in [0.2, 0.25) is 0 Å². The van der Waals surface area contributed by atoms with E-state index in [0.717, 1.165) is 0 Å². The van der Waals surface area contributed by atoms with Gasteiger partial charge in [-0.2, -0.15) is 5.26 Å². The third kappa shape index (κ3) is 13.9. The Labute approximate surface area is 124 Å². The Bertz CT molecular complexity index is 272. The first-order valence-electron chi connectivity index (χ1n) is 6.73. The van der Waals surface area contributed by atoms with Crippen LogP contribution in [-0.4, -0.2) is 87.0 Å². The number of hydrogen-bond acceptors (Lipinski definition) is 8. The van der Waals surface area contributed by atoms with Crippen LogP contribution in [0.3, 0.4) is 0 Å². The predicted octanol–water partition coefficient (Wildman–Crippen LogP) is -1.32. The van der Waals surface area contributed by atoms with Crippen LogP contribution in [0.4, 0.5) is 0 Å².